The van der Waals surface area contributed by atoms with Gasteiger partial charge in [-0.25, -0.2) is 0 Å². The molecule has 0 aromatic heterocycles. The van der Waals surface area contributed by atoms with Gasteiger partial charge in [0.1, 0.15) is 5.75 Å². The van der Waals surface area contributed by atoms with Crippen LogP contribution in [0.15, 0.2) is 18.2 Å². The topological polar surface area (TPSA) is 78.5 Å². The van der Waals surface area contributed by atoms with Crippen molar-refractivity contribution in [2.75, 3.05) is 11.9 Å². The summed E-state index contributed by atoms with van der Waals surface area (Å²) in [6, 6.07) is 5.12. The van der Waals surface area contributed by atoms with Crippen LogP contribution in [0.2, 0.25) is 0 Å². The Bertz CT molecular complexity index is 300. The van der Waals surface area contributed by atoms with Crippen molar-refractivity contribution in [3.8, 4) is 5.75 Å². The summed E-state index contributed by atoms with van der Waals surface area (Å²) in [5, 5.41) is 21.3. The zero-order valence-electron chi connectivity index (χ0n) is 8.20. The van der Waals surface area contributed by atoms with Crippen LogP contribution in [0.5, 0.6) is 5.75 Å². The van der Waals surface area contributed by atoms with Crippen molar-refractivity contribution >= 4 is 5.69 Å². The van der Waals surface area contributed by atoms with Crippen LogP contribution >= 0.6 is 0 Å². The van der Waals surface area contributed by atoms with E-state index in [0.29, 0.717) is 12.1 Å². The van der Waals surface area contributed by atoms with Gasteiger partial charge in [0, 0.05) is 29.9 Å². The van der Waals surface area contributed by atoms with Crippen molar-refractivity contribution < 1.29 is 10.2 Å². The highest BCUT2D eigenvalue weighted by Crippen LogP contribution is 2.21. The molecule has 0 fully saturated rings. The number of benzene rings is 1. The summed E-state index contributed by atoms with van der Waals surface area (Å²) in [7, 11) is 0. The second-order valence-corrected chi connectivity index (χ2v) is 3.36. The van der Waals surface area contributed by atoms with Crippen LogP contribution in [-0.4, -0.2) is 22.8 Å². The van der Waals surface area contributed by atoms with Gasteiger partial charge in [0.25, 0.3) is 0 Å². The molecule has 0 aliphatic heterocycles. The maximum Gasteiger partial charge on any atom is 0.123 e. The molecule has 0 heterocycles. The van der Waals surface area contributed by atoms with Gasteiger partial charge in [-0.1, -0.05) is 6.07 Å². The summed E-state index contributed by atoms with van der Waals surface area (Å²) < 4.78 is 0. The highest BCUT2D eigenvalue weighted by Gasteiger charge is 2.01. The van der Waals surface area contributed by atoms with Crippen LogP contribution in [-0.2, 0) is 6.61 Å². The summed E-state index contributed by atoms with van der Waals surface area (Å²) in [6.07, 6.45) is 0. The molecule has 0 saturated heterocycles. The molecule has 4 nitrogen and oxygen atoms in total. The van der Waals surface area contributed by atoms with Crippen LogP contribution in [0.3, 0.4) is 0 Å². The third-order valence-corrected chi connectivity index (χ3v) is 1.88. The van der Waals surface area contributed by atoms with Crippen molar-refractivity contribution in [3.05, 3.63) is 23.8 Å². The van der Waals surface area contributed by atoms with Gasteiger partial charge >= 0.3 is 0 Å². The minimum atomic E-state index is -0.153. The van der Waals surface area contributed by atoms with Gasteiger partial charge in [0.05, 0.1) is 6.61 Å². The molecule has 1 aromatic carbocycles. The van der Waals surface area contributed by atoms with Gasteiger partial charge in [-0.2, -0.15) is 0 Å². The van der Waals surface area contributed by atoms with Crippen LogP contribution in [0.4, 0.5) is 5.69 Å². The number of nitrogens with one attached hydrogen (secondary N) is 1. The lowest BCUT2D eigenvalue weighted by Gasteiger charge is -2.10. The molecule has 1 aromatic rings. The predicted octanol–water partition coefficient (Wildman–Crippen LogP) is 0.644. The smallest absolute Gasteiger partial charge is 0.123 e. The van der Waals surface area contributed by atoms with Gasteiger partial charge in [-0.05, 0) is 13.0 Å². The molecule has 1 atom stereocenters. The quantitative estimate of drug-likeness (QED) is 0.570. The summed E-state index contributed by atoms with van der Waals surface area (Å²) in [5.41, 5.74) is 6.90. The van der Waals surface area contributed by atoms with Crippen molar-refractivity contribution in [2.45, 2.75) is 19.6 Å². The van der Waals surface area contributed by atoms with Gasteiger partial charge in [-0.3, -0.25) is 0 Å². The molecule has 14 heavy (non-hydrogen) atoms. The maximum absolute atomic E-state index is 9.43. The Morgan fingerprint density at radius 1 is 1.50 bits per heavy atom. The Morgan fingerprint density at radius 2 is 2.21 bits per heavy atom. The molecule has 0 radical (unpaired) electrons. The molecule has 0 aliphatic rings. The number of nitrogens with two attached hydrogens (primary N) is 1. The first-order valence-electron chi connectivity index (χ1n) is 4.55. The van der Waals surface area contributed by atoms with E-state index >= 15 is 0 Å². The number of aromatic hydroxyl groups is 1. The van der Waals surface area contributed by atoms with E-state index in [0.717, 1.165) is 5.69 Å². The lowest BCUT2D eigenvalue weighted by Crippen LogP contribution is -2.25. The van der Waals surface area contributed by atoms with E-state index in [2.05, 4.69) is 5.32 Å². The summed E-state index contributed by atoms with van der Waals surface area (Å²) in [6.45, 7) is 2.40. The number of anilines is 1. The molecule has 0 saturated carbocycles. The molecule has 4 heteroatoms. The number of hydrogen-bond donors (Lipinski definition) is 4. The molecular formula is C10H16N2O2. The highest BCUT2D eigenvalue weighted by molar-refractivity contribution is 5.51. The first kappa shape index (κ1) is 10.8. The van der Waals surface area contributed by atoms with E-state index in [9.17, 15) is 5.11 Å². The Balaban J connectivity index is 2.66. The predicted molar refractivity (Wildman–Crippen MR) is 56.2 cm³/mol. The summed E-state index contributed by atoms with van der Waals surface area (Å²) in [5.74, 6) is 0.0992. The Hall–Kier alpha value is -1.26. The van der Waals surface area contributed by atoms with Gasteiger partial charge < -0.3 is 21.3 Å². The average Bonchev–Trinajstić information content (AvgIpc) is 2.15. The van der Waals surface area contributed by atoms with E-state index in [4.69, 9.17) is 10.8 Å². The lowest BCUT2D eigenvalue weighted by molar-refractivity contribution is 0.275. The van der Waals surface area contributed by atoms with E-state index in [1.54, 1.807) is 18.2 Å². The molecule has 0 bridgehead atoms. The Labute approximate surface area is 83.4 Å². The molecule has 1 rings (SSSR count). The van der Waals surface area contributed by atoms with Crippen LogP contribution in [0.25, 0.3) is 0 Å². The monoisotopic (exact) mass is 196 g/mol. The molecule has 5 N–H and O–H groups in total. The molecule has 0 spiro atoms. The first-order valence-corrected chi connectivity index (χ1v) is 4.55. The van der Waals surface area contributed by atoms with E-state index < -0.39 is 0 Å². The minimum Gasteiger partial charge on any atom is -0.508 e. The average molecular weight is 196 g/mol. The molecule has 0 amide bonds. The molecule has 0 aliphatic carbocycles. The molecular weight excluding hydrogens is 180 g/mol. The number of aliphatic hydroxyl groups is 1. The van der Waals surface area contributed by atoms with Crippen LogP contribution in [0, 0.1) is 0 Å². The van der Waals surface area contributed by atoms with Crippen molar-refractivity contribution in [2.24, 2.45) is 5.73 Å². The number of rotatable bonds is 4. The van der Waals surface area contributed by atoms with Crippen molar-refractivity contribution in [1.82, 2.24) is 0 Å². The van der Waals surface area contributed by atoms with E-state index in [-0.39, 0.29) is 18.4 Å². The maximum atomic E-state index is 9.43. The highest BCUT2D eigenvalue weighted by atomic mass is 16.3. The SMILES string of the molecule is CC(N)CNc1ccc(CO)c(O)c1. The normalized spacial score (nSPS) is 12.5. The molecule has 1 unspecified atom stereocenters. The fraction of sp³-hybridized carbons (Fsp3) is 0.400. The van der Waals surface area contributed by atoms with Crippen LogP contribution < -0.4 is 11.1 Å². The fourth-order valence-electron chi connectivity index (χ4n) is 1.09. The zero-order chi connectivity index (χ0) is 10.6. The van der Waals surface area contributed by atoms with Crippen molar-refractivity contribution in [3.63, 3.8) is 0 Å². The van der Waals surface area contributed by atoms with Crippen molar-refractivity contribution in [1.29, 1.82) is 0 Å². The third-order valence-electron chi connectivity index (χ3n) is 1.88. The number of hydrogen-bond acceptors (Lipinski definition) is 4. The second kappa shape index (κ2) is 4.83. The van der Waals surface area contributed by atoms with Gasteiger partial charge in [-0.15, -0.1) is 0 Å². The fourth-order valence-corrected chi connectivity index (χ4v) is 1.09. The Kier molecular flexibility index (Phi) is 3.73. The second-order valence-electron chi connectivity index (χ2n) is 3.36. The lowest BCUT2D eigenvalue weighted by atomic mass is 10.2. The van der Waals surface area contributed by atoms with Gasteiger partial charge in [0.2, 0.25) is 0 Å². The van der Waals surface area contributed by atoms with E-state index in [1.165, 1.54) is 0 Å². The van der Waals surface area contributed by atoms with Crippen LogP contribution in [0.1, 0.15) is 12.5 Å². The molecule has 78 valence electrons. The third kappa shape index (κ3) is 2.90. The summed E-state index contributed by atoms with van der Waals surface area (Å²) in [4.78, 5) is 0. The van der Waals surface area contributed by atoms with E-state index in [1.807, 2.05) is 6.92 Å². The minimum absolute atomic E-state index is 0.0645. The number of aliphatic hydroxyl groups excluding tert-OH is 1. The standard InChI is InChI=1S/C10H16N2O2/c1-7(11)5-12-9-3-2-8(6-13)10(14)4-9/h2-4,7,12-14H,5-6,11H2,1H3. The largest absolute Gasteiger partial charge is 0.508 e. The Morgan fingerprint density at radius 3 is 2.71 bits per heavy atom. The summed E-state index contributed by atoms with van der Waals surface area (Å²) >= 11 is 0. The first-order chi connectivity index (χ1) is 6.63. The number of phenols is 1. The zero-order valence-corrected chi connectivity index (χ0v) is 8.20. The van der Waals surface area contributed by atoms with Gasteiger partial charge in [0.15, 0.2) is 0 Å².